The standard InChI is InChI=1S/C30H34ClN5O3/c1-32-29(37)19-34(2)27-9-11-35(18-27)17-21-3-4-23-14-26(8-5-22(23)13-21)36-12-10-28(15-30(36)38)39-20-25-7-6-24(31)16-33-25/h3-4,6-7,10,12-16,27H,5,8-9,11,17-20H2,1-2H3,(H,32,37). The third kappa shape index (κ3) is 6.76. The Morgan fingerprint density at radius 1 is 1.21 bits per heavy atom. The second kappa shape index (κ2) is 12.2. The summed E-state index contributed by atoms with van der Waals surface area (Å²) in [7, 11) is 3.70. The van der Waals surface area contributed by atoms with E-state index in [4.69, 9.17) is 16.3 Å². The number of carbonyl (C=O) groups excluding carboxylic acids is 1. The molecule has 9 heteroatoms. The number of rotatable bonds is 9. The van der Waals surface area contributed by atoms with E-state index in [1.807, 2.05) is 13.1 Å². The van der Waals surface area contributed by atoms with E-state index in [1.54, 1.807) is 36.1 Å². The number of hydrogen-bond donors (Lipinski definition) is 1. The van der Waals surface area contributed by atoms with E-state index in [-0.39, 0.29) is 18.1 Å². The summed E-state index contributed by atoms with van der Waals surface area (Å²) in [5, 5.41) is 3.27. The summed E-state index contributed by atoms with van der Waals surface area (Å²) in [6, 6.07) is 13.9. The van der Waals surface area contributed by atoms with Crippen molar-refractivity contribution in [3.63, 3.8) is 0 Å². The Balaban J connectivity index is 1.20. The van der Waals surface area contributed by atoms with Gasteiger partial charge in [-0.15, -0.1) is 0 Å². The Labute approximate surface area is 233 Å². The molecule has 5 rings (SSSR count). The third-order valence-corrected chi connectivity index (χ3v) is 7.73. The van der Waals surface area contributed by atoms with E-state index in [2.05, 4.69) is 44.4 Å². The second-order valence-corrected chi connectivity index (χ2v) is 10.7. The number of nitrogens with one attached hydrogen (secondary N) is 1. The van der Waals surface area contributed by atoms with Gasteiger partial charge in [-0.25, -0.2) is 0 Å². The molecule has 1 amide bonds. The molecule has 0 saturated carbocycles. The zero-order chi connectivity index (χ0) is 27.4. The van der Waals surface area contributed by atoms with E-state index in [0.29, 0.717) is 23.4 Å². The van der Waals surface area contributed by atoms with Crippen LogP contribution in [0.25, 0.3) is 11.8 Å². The van der Waals surface area contributed by atoms with Gasteiger partial charge in [0.1, 0.15) is 12.4 Å². The van der Waals surface area contributed by atoms with Crippen LogP contribution in [0.4, 0.5) is 0 Å². The highest BCUT2D eigenvalue weighted by molar-refractivity contribution is 6.30. The number of carbonyl (C=O) groups is 1. The number of aryl methyl sites for hydroxylation is 1. The van der Waals surface area contributed by atoms with Gasteiger partial charge in [-0.3, -0.25) is 28.9 Å². The number of likely N-dealkylation sites (N-methyl/N-ethyl adjacent to an activating group) is 2. The van der Waals surface area contributed by atoms with Crippen molar-refractivity contribution in [1.82, 2.24) is 24.7 Å². The maximum atomic E-state index is 12.9. The number of aromatic nitrogens is 2. The largest absolute Gasteiger partial charge is 0.487 e. The maximum Gasteiger partial charge on any atom is 0.258 e. The van der Waals surface area contributed by atoms with Crippen LogP contribution in [0.2, 0.25) is 5.02 Å². The van der Waals surface area contributed by atoms with E-state index in [0.717, 1.165) is 55.9 Å². The molecule has 2 aromatic heterocycles. The molecule has 1 aliphatic carbocycles. The van der Waals surface area contributed by atoms with Crippen LogP contribution in [-0.4, -0.2) is 65.0 Å². The highest BCUT2D eigenvalue weighted by Crippen LogP contribution is 2.28. The fourth-order valence-electron chi connectivity index (χ4n) is 5.26. The highest BCUT2D eigenvalue weighted by atomic mass is 35.5. The van der Waals surface area contributed by atoms with Gasteiger partial charge in [0.05, 0.1) is 17.3 Å². The summed E-state index contributed by atoms with van der Waals surface area (Å²) in [6.07, 6.45) is 8.22. The van der Waals surface area contributed by atoms with Gasteiger partial charge >= 0.3 is 0 Å². The lowest BCUT2D eigenvalue weighted by molar-refractivity contribution is -0.121. The molecule has 1 N–H and O–H groups in total. The minimum absolute atomic E-state index is 0.0521. The fraction of sp³-hybridized carbons (Fsp3) is 0.367. The first-order valence-electron chi connectivity index (χ1n) is 13.3. The van der Waals surface area contributed by atoms with Crippen molar-refractivity contribution in [3.05, 3.63) is 92.6 Å². The molecule has 8 nitrogen and oxygen atoms in total. The first-order chi connectivity index (χ1) is 18.9. The average molecular weight is 548 g/mol. The lowest BCUT2D eigenvalue weighted by atomic mass is 9.93. The molecule has 0 bridgehead atoms. The molecule has 3 aromatic rings. The van der Waals surface area contributed by atoms with E-state index in [1.165, 1.54) is 17.2 Å². The Morgan fingerprint density at radius 3 is 2.85 bits per heavy atom. The van der Waals surface area contributed by atoms with Crippen molar-refractivity contribution in [2.24, 2.45) is 0 Å². The zero-order valence-corrected chi connectivity index (χ0v) is 23.2. The molecule has 204 valence electrons. The molecular formula is C30H34ClN5O3. The number of pyridine rings is 2. The van der Waals surface area contributed by atoms with Crippen LogP contribution in [0.1, 0.15) is 35.2 Å². The number of hydrogen-bond acceptors (Lipinski definition) is 6. The summed E-state index contributed by atoms with van der Waals surface area (Å²) in [5.74, 6) is 0.565. The van der Waals surface area contributed by atoms with Crippen LogP contribution in [0.3, 0.4) is 0 Å². The monoisotopic (exact) mass is 547 g/mol. The number of nitrogens with zero attached hydrogens (tertiary/aromatic N) is 4. The number of halogens is 1. The van der Waals surface area contributed by atoms with Crippen molar-refractivity contribution in [1.29, 1.82) is 0 Å². The Hall–Kier alpha value is -3.46. The Morgan fingerprint density at radius 2 is 2.08 bits per heavy atom. The molecule has 1 saturated heterocycles. The molecule has 2 aliphatic rings. The first-order valence-corrected chi connectivity index (χ1v) is 13.7. The number of fused-ring (bicyclic) bond motifs is 1. The summed E-state index contributed by atoms with van der Waals surface area (Å²) in [4.78, 5) is 33.4. The lowest BCUT2D eigenvalue weighted by Crippen LogP contribution is -2.40. The molecule has 1 atom stereocenters. The van der Waals surface area contributed by atoms with Gasteiger partial charge in [-0.05, 0) is 67.3 Å². The predicted molar refractivity (Wildman–Crippen MR) is 154 cm³/mol. The molecular weight excluding hydrogens is 514 g/mol. The molecule has 39 heavy (non-hydrogen) atoms. The van der Waals surface area contributed by atoms with Gasteiger partial charge < -0.3 is 10.1 Å². The van der Waals surface area contributed by atoms with Crippen LogP contribution < -0.4 is 15.6 Å². The van der Waals surface area contributed by atoms with Crippen LogP contribution in [-0.2, 0) is 24.4 Å². The number of benzene rings is 1. The fourth-order valence-corrected chi connectivity index (χ4v) is 5.38. The van der Waals surface area contributed by atoms with Crippen molar-refractivity contribution in [2.45, 2.75) is 38.5 Å². The smallest absolute Gasteiger partial charge is 0.258 e. The molecule has 1 aliphatic heterocycles. The Kier molecular flexibility index (Phi) is 8.45. The SMILES string of the molecule is CNC(=O)CN(C)C1CCN(Cc2ccc3c(c2)CCC(n2ccc(OCc4ccc(Cl)cn4)cc2=O)=C3)C1. The summed E-state index contributed by atoms with van der Waals surface area (Å²) in [6.45, 7) is 3.60. The zero-order valence-electron chi connectivity index (χ0n) is 22.4. The number of allylic oxidation sites excluding steroid dienone is 1. The van der Waals surface area contributed by atoms with E-state index in [9.17, 15) is 9.59 Å². The summed E-state index contributed by atoms with van der Waals surface area (Å²) < 4.78 is 7.46. The molecule has 1 unspecified atom stereocenters. The van der Waals surface area contributed by atoms with Crippen LogP contribution in [0.5, 0.6) is 5.75 Å². The third-order valence-electron chi connectivity index (χ3n) is 7.50. The van der Waals surface area contributed by atoms with E-state index >= 15 is 0 Å². The molecule has 0 spiro atoms. The van der Waals surface area contributed by atoms with Gasteiger partial charge in [-0.1, -0.05) is 29.8 Å². The Bertz CT molecular complexity index is 1420. The van der Waals surface area contributed by atoms with Crippen LogP contribution in [0, 0.1) is 0 Å². The van der Waals surface area contributed by atoms with Gasteiger partial charge in [0.2, 0.25) is 5.91 Å². The van der Waals surface area contributed by atoms with Crippen molar-refractivity contribution >= 4 is 29.3 Å². The maximum absolute atomic E-state index is 12.9. The average Bonchev–Trinajstić information content (AvgIpc) is 3.41. The predicted octanol–water partition coefficient (Wildman–Crippen LogP) is 3.67. The molecule has 1 aromatic carbocycles. The number of likely N-dealkylation sites (tertiary alicyclic amines) is 1. The van der Waals surface area contributed by atoms with Gasteiger partial charge in [0.25, 0.3) is 5.56 Å². The van der Waals surface area contributed by atoms with E-state index < -0.39 is 0 Å². The quantitative estimate of drug-likeness (QED) is 0.440. The van der Waals surface area contributed by atoms with Crippen molar-refractivity contribution in [2.75, 3.05) is 33.7 Å². The molecule has 0 radical (unpaired) electrons. The van der Waals surface area contributed by atoms with Crippen molar-refractivity contribution in [3.8, 4) is 5.75 Å². The topological polar surface area (TPSA) is 79.7 Å². The van der Waals surface area contributed by atoms with Gasteiger partial charge in [-0.2, -0.15) is 0 Å². The normalized spacial score (nSPS) is 17.1. The minimum atomic E-state index is -0.118. The second-order valence-electron chi connectivity index (χ2n) is 10.3. The lowest BCUT2D eigenvalue weighted by Gasteiger charge is -2.24. The van der Waals surface area contributed by atoms with Crippen molar-refractivity contribution < 1.29 is 9.53 Å². The van der Waals surface area contributed by atoms with Crippen LogP contribution >= 0.6 is 11.6 Å². The van der Waals surface area contributed by atoms with Gasteiger partial charge in [0, 0.05) is 56.9 Å². The minimum Gasteiger partial charge on any atom is -0.487 e. The summed E-state index contributed by atoms with van der Waals surface area (Å²) in [5.41, 5.74) is 5.37. The molecule has 1 fully saturated rings. The number of ether oxygens (including phenoxy) is 1. The number of amides is 1. The summed E-state index contributed by atoms with van der Waals surface area (Å²) >= 11 is 5.88. The van der Waals surface area contributed by atoms with Crippen LogP contribution in [0.15, 0.2) is 59.7 Å². The van der Waals surface area contributed by atoms with Gasteiger partial charge in [0.15, 0.2) is 0 Å². The highest BCUT2D eigenvalue weighted by Gasteiger charge is 2.26. The first kappa shape index (κ1) is 27.1. The molecule has 3 heterocycles.